The molecule has 2 aromatic rings. The maximum atomic E-state index is 12.0. The maximum absolute atomic E-state index is 12.0. The zero-order valence-corrected chi connectivity index (χ0v) is 11.9. The van der Waals surface area contributed by atoms with E-state index in [1.807, 2.05) is 12.3 Å². The van der Waals surface area contributed by atoms with Crippen molar-refractivity contribution < 1.29 is 18.3 Å². The average Bonchev–Trinajstić information content (AvgIpc) is 2.84. The molecule has 0 bridgehead atoms. The van der Waals surface area contributed by atoms with Crippen LogP contribution < -0.4 is 10.1 Å². The molecule has 110 valence electrons. The van der Waals surface area contributed by atoms with E-state index in [1.54, 1.807) is 6.08 Å². The van der Waals surface area contributed by atoms with E-state index in [2.05, 4.69) is 15.0 Å². The molecule has 0 saturated heterocycles. The van der Waals surface area contributed by atoms with E-state index in [0.29, 0.717) is 11.4 Å². The molecule has 0 saturated carbocycles. The molecule has 0 aliphatic heterocycles. The fourth-order valence-electron chi connectivity index (χ4n) is 1.52. The van der Waals surface area contributed by atoms with Crippen LogP contribution in [0.3, 0.4) is 0 Å². The number of rotatable bonds is 5. The smallest absolute Gasteiger partial charge is 0.387 e. The maximum Gasteiger partial charge on any atom is 0.387 e. The second kappa shape index (κ2) is 6.94. The highest BCUT2D eigenvalue weighted by Crippen LogP contribution is 2.17. The van der Waals surface area contributed by atoms with Gasteiger partial charge in [0.1, 0.15) is 5.75 Å². The van der Waals surface area contributed by atoms with Crippen molar-refractivity contribution in [2.24, 2.45) is 0 Å². The quantitative estimate of drug-likeness (QED) is 0.857. The van der Waals surface area contributed by atoms with Crippen LogP contribution in [0.1, 0.15) is 10.7 Å². The number of anilines is 1. The van der Waals surface area contributed by atoms with Crippen LogP contribution in [0.25, 0.3) is 6.08 Å². The third-order valence-corrected chi connectivity index (χ3v) is 3.18. The number of carbonyl (C=O) groups excluding carboxylic acids is 1. The highest BCUT2D eigenvalue weighted by Gasteiger charge is 2.04. The van der Waals surface area contributed by atoms with Crippen LogP contribution in [0, 0.1) is 6.92 Å². The first-order valence-corrected chi connectivity index (χ1v) is 6.87. The number of alkyl halides is 2. The van der Waals surface area contributed by atoms with E-state index in [9.17, 15) is 13.6 Å². The van der Waals surface area contributed by atoms with Crippen molar-refractivity contribution in [1.29, 1.82) is 0 Å². The first kappa shape index (κ1) is 15.1. The fourth-order valence-corrected chi connectivity index (χ4v) is 2.10. The van der Waals surface area contributed by atoms with Crippen molar-refractivity contribution >= 4 is 29.0 Å². The van der Waals surface area contributed by atoms with E-state index in [1.165, 1.54) is 41.7 Å². The highest BCUT2D eigenvalue weighted by atomic mass is 32.1. The Bertz CT molecular complexity index is 639. The number of ether oxygens (including phenoxy) is 1. The number of amides is 1. The van der Waals surface area contributed by atoms with Crippen LogP contribution in [0.4, 0.5) is 14.5 Å². The molecular weight excluding hydrogens is 298 g/mol. The monoisotopic (exact) mass is 310 g/mol. The number of hydrogen-bond donors (Lipinski definition) is 1. The van der Waals surface area contributed by atoms with Gasteiger partial charge in [0.15, 0.2) is 0 Å². The molecule has 1 aromatic heterocycles. The number of hydrogen-bond acceptors (Lipinski definition) is 4. The number of aromatic nitrogens is 1. The van der Waals surface area contributed by atoms with E-state index in [0.717, 1.165) is 5.01 Å². The van der Waals surface area contributed by atoms with Crippen molar-refractivity contribution in [2.75, 3.05) is 5.32 Å². The van der Waals surface area contributed by atoms with Crippen LogP contribution in [0.2, 0.25) is 0 Å². The Kier molecular flexibility index (Phi) is 4.99. The van der Waals surface area contributed by atoms with Crippen LogP contribution in [0.5, 0.6) is 5.75 Å². The van der Waals surface area contributed by atoms with Gasteiger partial charge in [-0.2, -0.15) is 8.78 Å². The Morgan fingerprint density at radius 2 is 2.10 bits per heavy atom. The first-order valence-electron chi connectivity index (χ1n) is 5.99. The number of benzene rings is 1. The lowest BCUT2D eigenvalue weighted by Crippen LogP contribution is -2.08. The minimum absolute atomic E-state index is 0.0384. The molecule has 1 heterocycles. The van der Waals surface area contributed by atoms with Crippen molar-refractivity contribution in [3.8, 4) is 5.75 Å². The summed E-state index contributed by atoms with van der Waals surface area (Å²) in [7, 11) is 0. The van der Waals surface area contributed by atoms with Gasteiger partial charge in [-0.3, -0.25) is 4.79 Å². The minimum atomic E-state index is -2.87. The van der Waals surface area contributed by atoms with Gasteiger partial charge in [0, 0.05) is 17.1 Å². The molecule has 4 nitrogen and oxygen atoms in total. The second-order valence-electron chi connectivity index (χ2n) is 4.02. The summed E-state index contributed by atoms with van der Waals surface area (Å²) in [5.41, 5.74) is 1.20. The van der Waals surface area contributed by atoms with Crippen molar-refractivity contribution in [2.45, 2.75) is 13.5 Å². The molecular formula is C14H12F2N2O2S. The van der Waals surface area contributed by atoms with Gasteiger partial charge in [0.25, 0.3) is 0 Å². The van der Waals surface area contributed by atoms with Gasteiger partial charge in [0.05, 0.1) is 10.7 Å². The Labute approximate surface area is 124 Å². The third kappa shape index (κ3) is 4.96. The summed E-state index contributed by atoms with van der Waals surface area (Å²) < 4.78 is 28.2. The van der Waals surface area contributed by atoms with Crippen molar-refractivity contribution in [3.63, 3.8) is 0 Å². The van der Waals surface area contributed by atoms with Crippen LogP contribution in [0.15, 0.2) is 35.7 Å². The van der Waals surface area contributed by atoms with Gasteiger partial charge >= 0.3 is 6.61 Å². The van der Waals surface area contributed by atoms with Crippen molar-refractivity contribution in [3.05, 3.63) is 46.4 Å². The minimum Gasteiger partial charge on any atom is -0.435 e. The molecule has 0 spiro atoms. The standard InChI is InChI=1S/C14H12F2N2O2S/c1-9-17-11(8-21-9)4-7-13(19)18-10-2-5-12(6-3-10)20-14(15)16/h2-8,14H,1H3,(H,18,19)/b7-4+. The summed E-state index contributed by atoms with van der Waals surface area (Å²) in [6.07, 6.45) is 2.96. The molecule has 0 aliphatic rings. The summed E-state index contributed by atoms with van der Waals surface area (Å²) in [6, 6.07) is 5.68. The molecule has 0 unspecified atom stereocenters. The Morgan fingerprint density at radius 1 is 1.38 bits per heavy atom. The highest BCUT2D eigenvalue weighted by molar-refractivity contribution is 7.09. The summed E-state index contributed by atoms with van der Waals surface area (Å²) in [4.78, 5) is 15.9. The largest absolute Gasteiger partial charge is 0.435 e. The molecule has 1 aromatic carbocycles. The number of nitrogens with zero attached hydrogens (tertiary/aromatic N) is 1. The summed E-state index contributed by atoms with van der Waals surface area (Å²) in [5, 5.41) is 5.37. The molecule has 0 radical (unpaired) electrons. The van der Waals surface area contributed by atoms with Gasteiger partial charge in [-0.15, -0.1) is 11.3 Å². The molecule has 7 heteroatoms. The van der Waals surface area contributed by atoms with E-state index >= 15 is 0 Å². The Balaban J connectivity index is 1.91. The molecule has 0 aliphatic carbocycles. The first-order chi connectivity index (χ1) is 10.0. The molecule has 2 rings (SSSR count). The van der Waals surface area contributed by atoms with E-state index < -0.39 is 6.61 Å². The number of halogens is 2. The van der Waals surface area contributed by atoms with Gasteiger partial charge in [-0.05, 0) is 37.3 Å². The number of nitrogens with one attached hydrogen (secondary N) is 1. The zero-order valence-electron chi connectivity index (χ0n) is 11.0. The Morgan fingerprint density at radius 3 is 2.67 bits per heavy atom. The lowest BCUT2D eigenvalue weighted by Gasteiger charge is -2.06. The Hall–Kier alpha value is -2.28. The van der Waals surface area contributed by atoms with Crippen LogP contribution in [-0.4, -0.2) is 17.5 Å². The molecule has 0 atom stereocenters. The normalized spacial score (nSPS) is 11.0. The van der Waals surface area contributed by atoms with E-state index in [-0.39, 0.29) is 11.7 Å². The van der Waals surface area contributed by atoms with Crippen LogP contribution in [-0.2, 0) is 4.79 Å². The summed E-state index contributed by atoms with van der Waals surface area (Å²) in [5.74, 6) is -0.292. The SMILES string of the molecule is Cc1nc(/C=C/C(=O)Nc2ccc(OC(F)F)cc2)cs1. The van der Waals surface area contributed by atoms with E-state index in [4.69, 9.17) is 0 Å². The van der Waals surface area contributed by atoms with Crippen LogP contribution >= 0.6 is 11.3 Å². The fraction of sp³-hybridized carbons (Fsp3) is 0.143. The van der Waals surface area contributed by atoms with Gasteiger partial charge in [-0.1, -0.05) is 0 Å². The zero-order chi connectivity index (χ0) is 15.2. The van der Waals surface area contributed by atoms with Gasteiger partial charge in [0.2, 0.25) is 5.91 Å². The second-order valence-corrected chi connectivity index (χ2v) is 5.08. The van der Waals surface area contributed by atoms with Crippen molar-refractivity contribution in [1.82, 2.24) is 4.98 Å². The summed E-state index contributed by atoms with van der Waals surface area (Å²) in [6.45, 7) is -0.986. The predicted octanol–water partition coefficient (Wildman–Crippen LogP) is 3.70. The predicted molar refractivity (Wildman–Crippen MR) is 77.6 cm³/mol. The number of thiazole rings is 1. The third-order valence-electron chi connectivity index (χ3n) is 2.39. The van der Waals surface area contributed by atoms with Gasteiger partial charge < -0.3 is 10.1 Å². The lowest BCUT2D eigenvalue weighted by atomic mass is 10.3. The molecule has 0 fully saturated rings. The summed E-state index contributed by atoms with van der Waals surface area (Å²) >= 11 is 1.50. The molecule has 21 heavy (non-hydrogen) atoms. The molecule has 1 amide bonds. The number of aryl methyl sites for hydroxylation is 1. The lowest BCUT2D eigenvalue weighted by molar-refractivity contribution is -0.111. The van der Waals surface area contributed by atoms with Gasteiger partial charge in [-0.25, -0.2) is 4.98 Å². The topological polar surface area (TPSA) is 51.2 Å². The molecule has 1 N–H and O–H groups in total. The number of carbonyl (C=O) groups is 1. The average molecular weight is 310 g/mol.